The zero-order valence-corrected chi connectivity index (χ0v) is 12.3. The number of allylic oxidation sites excluding steroid dienone is 4. The Morgan fingerprint density at radius 1 is 0.522 bits per heavy atom. The third kappa shape index (κ3) is 3.67. The number of halogens is 1. The largest absolute Gasteiger partial charge is 0.480 e. The first-order chi connectivity index (χ1) is 10.2. The van der Waals surface area contributed by atoms with Crippen LogP contribution < -0.4 is 0 Å². The van der Waals surface area contributed by atoms with E-state index in [2.05, 4.69) is 0 Å². The Hall–Kier alpha value is -2.87. The molecule has 0 atom stereocenters. The van der Waals surface area contributed by atoms with Gasteiger partial charge in [0.2, 0.25) is 10.8 Å². The average molecular weight is 345 g/mol. The first-order valence-corrected chi connectivity index (χ1v) is 5.87. The number of carboxylic acid groups (broad SMARTS) is 4. The summed E-state index contributed by atoms with van der Waals surface area (Å²) in [6.45, 7) is 0. The normalized spacial score (nSPS) is 17.7. The molecule has 0 unspecified atom stereocenters. The topological polar surface area (TPSA) is 149 Å². The molecule has 0 aromatic rings. The number of carboxylic acids is 4. The Morgan fingerprint density at radius 2 is 0.696 bits per heavy atom. The van der Waals surface area contributed by atoms with Crippen LogP contribution in [0.15, 0.2) is 48.6 Å². The summed E-state index contributed by atoms with van der Waals surface area (Å²) in [5, 5.41) is 34.2. The minimum absolute atomic E-state index is 0. The van der Waals surface area contributed by atoms with Gasteiger partial charge in [0.15, 0.2) is 0 Å². The van der Waals surface area contributed by atoms with Crippen LogP contribution >= 0.6 is 12.4 Å². The van der Waals surface area contributed by atoms with Crippen molar-refractivity contribution in [3.05, 3.63) is 48.6 Å². The van der Waals surface area contributed by atoms with E-state index in [4.69, 9.17) is 20.4 Å². The summed E-state index contributed by atoms with van der Waals surface area (Å²) < 4.78 is 0. The highest BCUT2D eigenvalue weighted by Gasteiger charge is 2.43. The molecule has 0 aromatic carbocycles. The first kappa shape index (κ1) is 20.1. The van der Waals surface area contributed by atoms with Gasteiger partial charge in [-0.2, -0.15) is 0 Å². The lowest BCUT2D eigenvalue weighted by molar-refractivity contribution is -0.159. The molecule has 23 heavy (non-hydrogen) atoms. The highest BCUT2D eigenvalue weighted by atomic mass is 35.5. The van der Waals surface area contributed by atoms with Crippen molar-refractivity contribution >= 4 is 36.3 Å². The minimum atomic E-state index is -1.83. The van der Waals surface area contributed by atoms with E-state index in [0.717, 1.165) is 24.3 Å². The molecule has 0 saturated heterocycles. The van der Waals surface area contributed by atoms with Crippen LogP contribution in [0.4, 0.5) is 0 Å². The zero-order chi connectivity index (χ0) is 17.0. The summed E-state index contributed by atoms with van der Waals surface area (Å²) in [5.41, 5.74) is -3.67. The molecule has 0 spiro atoms. The lowest BCUT2D eigenvalue weighted by atomic mass is 9.91. The Morgan fingerprint density at radius 3 is 0.783 bits per heavy atom. The fourth-order valence-electron chi connectivity index (χ4n) is 1.69. The Kier molecular flexibility index (Phi) is 6.49. The Labute approximate surface area is 136 Å². The molecule has 2 aliphatic rings. The van der Waals surface area contributed by atoms with Crippen molar-refractivity contribution in [3.8, 4) is 0 Å². The molecule has 0 bridgehead atoms. The van der Waals surface area contributed by atoms with Gasteiger partial charge in [-0.15, -0.1) is 12.4 Å². The van der Waals surface area contributed by atoms with Crippen molar-refractivity contribution in [1.82, 2.24) is 0 Å². The summed E-state index contributed by atoms with van der Waals surface area (Å²) in [6.07, 6.45) is 10.2. The van der Waals surface area contributed by atoms with Crippen LogP contribution in [0.25, 0.3) is 0 Å². The molecule has 4 N–H and O–H groups in total. The van der Waals surface area contributed by atoms with Gasteiger partial charge in [0, 0.05) is 0 Å². The molecule has 0 aromatic heterocycles. The van der Waals surface area contributed by atoms with Gasteiger partial charge in [-0.05, 0) is 0 Å². The number of aliphatic carboxylic acids is 4. The summed E-state index contributed by atoms with van der Waals surface area (Å²) >= 11 is 0. The van der Waals surface area contributed by atoms with E-state index < -0.39 is 34.7 Å². The fraction of sp³-hybridized carbons (Fsp3) is 0.143. The molecule has 2 rings (SSSR count). The van der Waals surface area contributed by atoms with E-state index in [0.29, 0.717) is 0 Å². The van der Waals surface area contributed by atoms with E-state index in [-0.39, 0.29) is 12.4 Å². The number of rotatable bonds is 4. The summed E-state index contributed by atoms with van der Waals surface area (Å²) in [4.78, 5) is 41.9. The van der Waals surface area contributed by atoms with Gasteiger partial charge >= 0.3 is 23.9 Å². The van der Waals surface area contributed by atoms with Crippen LogP contribution in [0.3, 0.4) is 0 Å². The van der Waals surface area contributed by atoms with Crippen LogP contribution in [0.5, 0.6) is 0 Å². The average Bonchev–Trinajstić information content (AvgIpc) is 3.10. The SMILES string of the molecule is Cl.O=C(O)C1(C(=O)O)C=CC=C1.O=C(O)C1(C(=O)O)C=CC=C1. The number of hydrogen-bond donors (Lipinski definition) is 4. The maximum Gasteiger partial charge on any atom is 0.328 e. The highest BCUT2D eigenvalue weighted by Crippen LogP contribution is 2.27. The predicted octanol–water partition coefficient (Wildman–Crippen LogP) is 0.958. The quantitative estimate of drug-likeness (QED) is 0.551. The molecule has 0 saturated carbocycles. The molecule has 0 heterocycles. The van der Waals surface area contributed by atoms with E-state index >= 15 is 0 Å². The standard InChI is InChI=1S/2C7H6O4.ClH/c2*8-5(9)7(6(10)11)3-1-2-4-7;/h2*1-4H,(H,8,9)(H,10,11);1H. The molecule has 8 nitrogen and oxygen atoms in total. The first-order valence-electron chi connectivity index (χ1n) is 5.87. The van der Waals surface area contributed by atoms with Crippen LogP contribution in [0.2, 0.25) is 0 Å². The van der Waals surface area contributed by atoms with Gasteiger partial charge in [0.05, 0.1) is 0 Å². The van der Waals surface area contributed by atoms with Crippen LogP contribution in [0, 0.1) is 10.8 Å². The van der Waals surface area contributed by atoms with E-state index in [1.807, 2.05) is 0 Å². The number of carbonyl (C=O) groups is 4. The van der Waals surface area contributed by atoms with Crippen molar-refractivity contribution in [2.24, 2.45) is 10.8 Å². The molecule has 0 radical (unpaired) electrons. The molecule has 0 fully saturated rings. The van der Waals surface area contributed by atoms with Gasteiger partial charge < -0.3 is 20.4 Å². The third-order valence-corrected chi connectivity index (χ3v) is 3.07. The minimum Gasteiger partial charge on any atom is -0.480 e. The number of hydrogen-bond acceptors (Lipinski definition) is 4. The second kappa shape index (κ2) is 7.41. The summed E-state index contributed by atoms with van der Waals surface area (Å²) in [7, 11) is 0. The van der Waals surface area contributed by atoms with Gasteiger partial charge in [0.1, 0.15) is 0 Å². The van der Waals surface area contributed by atoms with Crippen molar-refractivity contribution in [2.45, 2.75) is 0 Å². The molecule has 2 aliphatic carbocycles. The van der Waals surface area contributed by atoms with Crippen molar-refractivity contribution in [2.75, 3.05) is 0 Å². The van der Waals surface area contributed by atoms with Crippen molar-refractivity contribution in [1.29, 1.82) is 0 Å². The molecule has 9 heteroatoms. The van der Waals surface area contributed by atoms with Gasteiger partial charge in [-0.1, -0.05) is 48.6 Å². The van der Waals surface area contributed by atoms with E-state index in [1.54, 1.807) is 0 Å². The Bertz CT molecular complexity index is 529. The monoisotopic (exact) mass is 344 g/mol. The van der Waals surface area contributed by atoms with Gasteiger partial charge in [0.25, 0.3) is 0 Å². The van der Waals surface area contributed by atoms with Crippen LogP contribution in [-0.4, -0.2) is 44.3 Å². The molecule has 0 aliphatic heterocycles. The van der Waals surface area contributed by atoms with Crippen LogP contribution in [0.1, 0.15) is 0 Å². The molecular weight excluding hydrogens is 332 g/mol. The molecule has 0 amide bonds. The predicted molar refractivity (Wildman–Crippen MR) is 79.2 cm³/mol. The smallest absolute Gasteiger partial charge is 0.328 e. The lowest BCUT2D eigenvalue weighted by Crippen LogP contribution is -2.34. The van der Waals surface area contributed by atoms with Gasteiger partial charge in [-0.3, -0.25) is 19.2 Å². The maximum absolute atomic E-state index is 10.5. The molecule has 124 valence electrons. The van der Waals surface area contributed by atoms with E-state index in [1.165, 1.54) is 24.3 Å². The van der Waals surface area contributed by atoms with Crippen molar-refractivity contribution < 1.29 is 39.6 Å². The van der Waals surface area contributed by atoms with Gasteiger partial charge in [-0.25, -0.2) is 0 Å². The van der Waals surface area contributed by atoms with E-state index in [9.17, 15) is 19.2 Å². The maximum atomic E-state index is 10.5. The third-order valence-electron chi connectivity index (χ3n) is 3.07. The summed E-state index contributed by atoms with van der Waals surface area (Å²) in [5.74, 6) is -5.46. The highest BCUT2D eigenvalue weighted by molar-refractivity contribution is 6.04. The lowest BCUT2D eigenvalue weighted by Gasteiger charge is -2.12. The van der Waals surface area contributed by atoms with Crippen LogP contribution in [-0.2, 0) is 19.2 Å². The van der Waals surface area contributed by atoms with Crippen molar-refractivity contribution in [3.63, 3.8) is 0 Å². The summed E-state index contributed by atoms with van der Waals surface area (Å²) in [6, 6.07) is 0. The fourth-order valence-corrected chi connectivity index (χ4v) is 1.69. The molecular formula is C14H13ClO8. The Balaban J connectivity index is 0.000000403. The second-order valence-electron chi connectivity index (χ2n) is 4.40. The second-order valence-corrected chi connectivity index (χ2v) is 4.40. The zero-order valence-electron chi connectivity index (χ0n) is 11.4.